The van der Waals surface area contributed by atoms with Gasteiger partial charge in [0, 0.05) is 16.8 Å². The lowest BCUT2D eigenvalue weighted by Gasteiger charge is -2.12. The smallest absolute Gasteiger partial charge is 0.387 e. The van der Waals surface area contributed by atoms with Crippen molar-refractivity contribution in [2.24, 2.45) is 0 Å². The predicted octanol–water partition coefficient (Wildman–Crippen LogP) is 4.07. The first-order valence-electron chi connectivity index (χ1n) is 7.93. The average Bonchev–Trinajstić information content (AvgIpc) is 3.03. The molecule has 9 heteroatoms. The van der Waals surface area contributed by atoms with Crippen LogP contribution >= 0.6 is 11.3 Å². The number of aliphatic hydroxyl groups excluding tert-OH is 1. The Hall–Kier alpha value is -1.94. The summed E-state index contributed by atoms with van der Waals surface area (Å²) in [7, 11) is -3.81. The summed E-state index contributed by atoms with van der Waals surface area (Å²) in [5.41, 5.74) is 0.0233. The van der Waals surface area contributed by atoms with E-state index in [-0.39, 0.29) is 12.1 Å². The van der Waals surface area contributed by atoms with Gasteiger partial charge in [-0.15, -0.1) is 11.3 Å². The molecule has 0 saturated carbocycles. The minimum absolute atomic E-state index is 0.219. The Morgan fingerprint density at radius 3 is 2.41 bits per heavy atom. The summed E-state index contributed by atoms with van der Waals surface area (Å²) in [5.74, 6) is -0.470. The highest BCUT2D eigenvalue weighted by atomic mass is 32.2. The van der Waals surface area contributed by atoms with Crippen molar-refractivity contribution < 1.29 is 26.7 Å². The van der Waals surface area contributed by atoms with Crippen LogP contribution in [0.5, 0.6) is 0 Å². The molecule has 0 aliphatic rings. The van der Waals surface area contributed by atoms with Crippen molar-refractivity contribution in [3.8, 4) is 0 Å². The van der Waals surface area contributed by atoms with Crippen molar-refractivity contribution in [1.29, 1.82) is 0 Å². The summed E-state index contributed by atoms with van der Waals surface area (Å²) in [6, 6.07) is 11.4. The minimum atomic E-state index is -4.47. The fourth-order valence-corrected chi connectivity index (χ4v) is 4.79. The highest BCUT2D eigenvalue weighted by Crippen LogP contribution is 2.30. The highest BCUT2D eigenvalue weighted by Gasteiger charge is 2.30. The van der Waals surface area contributed by atoms with E-state index in [1.165, 1.54) is 11.3 Å². The van der Waals surface area contributed by atoms with Gasteiger partial charge < -0.3 is 5.11 Å². The van der Waals surface area contributed by atoms with Crippen LogP contribution in [-0.4, -0.2) is 20.1 Å². The maximum atomic E-state index is 12.6. The minimum Gasteiger partial charge on any atom is -0.387 e. The zero-order valence-corrected chi connectivity index (χ0v) is 15.5. The maximum absolute atomic E-state index is 12.6. The summed E-state index contributed by atoms with van der Waals surface area (Å²) in [5, 5.41) is 13.0. The van der Waals surface area contributed by atoms with Gasteiger partial charge in [0.2, 0.25) is 10.0 Å². The molecule has 4 nitrogen and oxygen atoms in total. The average molecular weight is 415 g/mol. The van der Waals surface area contributed by atoms with Crippen LogP contribution in [0.15, 0.2) is 53.9 Å². The number of thiophene rings is 1. The molecule has 0 saturated heterocycles. The fraction of sp³-hybridized carbons (Fsp3) is 0.222. The molecule has 0 aliphatic carbocycles. The first-order chi connectivity index (χ1) is 12.7. The molecule has 0 fully saturated rings. The van der Waals surface area contributed by atoms with Crippen LogP contribution in [-0.2, 0) is 22.0 Å². The third-order valence-electron chi connectivity index (χ3n) is 4.00. The van der Waals surface area contributed by atoms with Crippen LogP contribution in [0.1, 0.15) is 22.8 Å². The van der Waals surface area contributed by atoms with Crippen molar-refractivity contribution in [1.82, 2.24) is 4.72 Å². The van der Waals surface area contributed by atoms with E-state index >= 15 is 0 Å². The van der Waals surface area contributed by atoms with Gasteiger partial charge in [-0.25, -0.2) is 13.1 Å². The molecule has 1 heterocycles. The summed E-state index contributed by atoms with van der Waals surface area (Å²) in [6.07, 6.45) is -5.49. The van der Waals surface area contributed by atoms with Crippen molar-refractivity contribution >= 4 is 31.4 Å². The SMILES string of the molecule is O=S(=O)(Cc1ccc(C(F)(F)F)cc1)NCC(O)c1csc2ccccc12. The Kier molecular flexibility index (Phi) is 5.57. The van der Waals surface area contributed by atoms with Crippen LogP contribution in [0.25, 0.3) is 10.1 Å². The number of aliphatic hydroxyl groups is 1. The number of fused-ring (bicyclic) bond motifs is 1. The molecule has 0 radical (unpaired) electrons. The Bertz CT molecular complexity index is 1030. The molecule has 0 aliphatic heterocycles. The van der Waals surface area contributed by atoms with Gasteiger partial charge in [-0.2, -0.15) is 13.2 Å². The summed E-state index contributed by atoms with van der Waals surface area (Å²) < 4.78 is 65.3. The molecular formula is C18H16F3NO3S2. The molecule has 1 aromatic heterocycles. The van der Waals surface area contributed by atoms with Gasteiger partial charge in [0.1, 0.15) is 0 Å². The molecule has 0 amide bonds. The van der Waals surface area contributed by atoms with Crippen LogP contribution < -0.4 is 4.72 Å². The largest absolute Gasteiger partial charge is 0.416 e. The number of rotatable bonds is 6. The first-order valence-corrected chi connectivity index (χ1v) is 10.5. The second-order valence-electron chi connectivity index (χ2n) is 6.01. The van der Waals surface area contributed by atoms with E-state index in [0.29, 0.717) is 5.56 Å². The summed E-state index contributed by atoms with van der Waals surface area (Å²) in [6.45, 7) is -0.219. The Labute approximate surface area is 158 Å². The molecule has 2 aromatic carbocycles. The quantitative estimate of drug-likeness (QED) is 0.638. The maximum Gasteiger partial charge on any atom is 0.416 e. The lowest BCUT2D eigenvalue weighted by atomic mass is 10.1. The molecule has 27 heavy (non-hydrogen) atoms. The topological polar surface area (TPSA) is 66.4 Å². The van der Waals surface area contributed by atoms with Crippen molar-refractivity contribution in [2.45, 2.75) is 18.0 Å². The molecule has 3 rings (SSSR count). The van der Waals surface area contributed by atoms with E-state index in [1.54, 1.807) is 5.38 Å². The van der Waals surface area contributed by atoms with Gasteiger partial charge in [0.25, 0.3) is 0 Å². The van der Waals surface area contributed by atoms with Gasteiger partial charge >= 0.3 is 6.18 Å². The summed E-state index contributed by atoms with van der Waals surface area (Å²) >= 11 is 1.45. The Morgan fingerprint density at radius 2 is 1.74 bits per heavy atom. The van der Waals surface area contributed by atoms with Crippen molar-refractivity contribution in [3.63, 3.8) is 0 Å². The monoisotopic (exact) mass is 415 g/mol. The van der Waals surface area contributed by atoms with E-state index in [0.717, 1.165) is 34.4 Å². The number of benzene rings is 2. The zero-order chi connectivity index (χ0) is 19.7. The van der Waals surface area contributed by atoms with E-state index in [9.17, 15) is 26.7 Å². The number of nitrogens with one attached hydrogen (secondary N) is 1. The van der Waals surface area contributed by atoms with Gasteiger partial charge in [-0.1, -0.05) is 30.3 Å². The second kappa shape index (κ2) is 7.59. The second-order valence-corrected chi connectivity index (χ2v) is 8.72. The Morgan fingerprint density at radius 1 is 1.07 bits per heavy atom. The number of hydrogen-bond acceptors (Lipinski definition) is 4. The van der Waals surface area contributed by atoms with Gasteiger partial charge in [-0.05, 0) is 34.5 Å². The van der Waals surface area contributed by atoms with Crippen LogP contribution in [0.3, 0.4) is 0 Å². The predicted molar refractivity (Wildman–Crippen MR) is 98.9 cm³/mol. The normalized spacial score (nSPS) is 13.8. The molecule has 1 atom stereocenters. The van der Waals surface area contributed by atoms with Crippen LogP contribution in [0, 0.1) is 0 Å². The van der Waals surface area contributed by atoms with E-state index in [2.05, 4.69) is 4.72 Å². The molecule has 2 N–H and O–H groups in total. The zero-order valence-electron chi connectivity index (χ0n) is 13.9. The number of alkyl halides is 3. The number of hydrogen-bond donors (Lipinski definition) is 2. The van der Waals surface area contributed by atoms with Crippen LogP contribution in [0.2, 0.25) is 0 Å². The molecule has 3 aromatic rings. The van der Waals surface area contributed by atoms with Crippen LogP contribution in [0.4, 0.5) is 13.2 Å². The fourth-order valence-electron chi connectivity index (χ4n) is 2.63. The van der Waals surface area contributed by atoms with Crippen molar-refractivity contribution in [3.05, 3.63) is 70.6 Å². The van der Waals surface area contributed by atoms with Gasteiger partial charge in [-0.3, -0.25) is 0 Å². The third kappa shape index (κ3) is 4.86. The van der Waals surface area contributed by atoms with E-state index in [4.69, 9.17) is 0 Å². The lowest BCUT2D eigenvalue weighted by molar-refractivity contribution is -0.137. The number of halogens is 3. The number of sulfonamides is 1. The molecular weight excluding hydrogens is 399 g/mol. The molecule has 1 unspecified atom stereocenters. The van der Waals surface area contributed by atoms with Crippen molar-refractivity contribution in [2.75, 3.05) is 6.54 Å². The highest BCUT2D eigenvalue weighted by molar-refractivity contribution is 7.88. The summed E-state index contributed by atoms with van der Waals surface area (Å²) in [4.78, 5) is 0. The third-order valence-corrected chi connectivity index (χ3v) is 6.31. The van der Waals surface area contributed by atoms with Gasteiger partial charge in [0.05, 0.1) is 17.4 Å². The Balaban J connectivity index is 1.64. The van der Waals surface area contributed by atoms with E-state index in [1.807, 2.05) is 24.3 Å². The molecule has 144 valence electrons. The lowest BCUT2D eigenvalue weighted by Crippen LogP contribution is -2.29. The van der Waals surface area contributed by atoms with Gasteiger partial charge in [0.15, 0.2) is 0 Å². The van der Waals surface area contributed by atoms with E-state index < -0.39 is 33.6 Å². The molecule has 0 bridgehead atoms. The first kappa shape index (κ1) is 19.8. The molecule has 0 spiro atoms. The standard InChI is InChI=1S/C18H16F3NO3S2/c19-18(20,21)13-7-5-12(6-8-13)11-27(24,25)22-9-16(23)15-10-26-17-4-2-1-3-14(15)17/h1-8,10,16,22-23H,9,11H2.